The molecule has 10 heteroatoms. The number of phosphoric ester groups is 1. The molecule has 0 heterocycles. The first-order chi connectivity index (χ1) is 28.0. The smallest absolute Gasteiger partial charge is 0.306 e. The lowest BCUT2D eigenvalue weighted by molar-refractivity contribution is -0.870. The highest BCUT2D eigenvalue weighted by Gasteiger charge is 2.21. The third-order valence-electron chi connectivity index (χ3n) is 9.96. The molecule has 338 valence electrons. The lowest BCUT2D eigenvalue weighted by Crippen LogP contribution is -2.37. The predicted octanol–water partition coefficient (Wildman–Crippen LogP) is 12.8. The summed E-state index contributed by atoms with van der Waals surface area (Å²) in [5.41, 5.74) is 0. The summed E-state index contributed by atoms with van der Waals surface area (Å²) < 4.78 is 33.9. The van der Waals surface area contributed by atoms with Gasteiger partial charge in [-0.25, -0.2) is 0 Å². The number of rotatable bonds is 42. The van der Waals surface area contributed by atoms with Gasteiger partial charge in [0.05, 0.1) is 27.7 Å². The molecule has 0 aliphatic rings. The lowest BCUT2D eigenvalue weighted by Gasteiger charge is -2.28. The third kappa shape index (κ3) is 43.5. The molecule has 2 atom stereocenters. The van der Waals surface area contributed by atoms with Gasteiger partial charge in [0.2, 0.25) is 0 Å². The Hall–Kier alpha value is -2.03. The number of esters is 2. The number of likely N-dealkylation sites (N-methyl/N-ethyl adjacent to an activating group) is 1. The Morgan fingerprint density at radius 3 is 1.47 bits per heavy atom. The molecule has 0 rings (SSSR count). The molecule has 0 aromatic heterocycles. The van der Waals surface area contributed by atoms with Gasteiger partial charge in [0.15, 0.2) is 6.10 Å². The van der Waals surface area contributed by atoms with Gasteiger partial charge in [-0.2, -0.15) is 0 Å². The van der Waals surface area contributed by atoms with Crippen molar-refractivity contribution in [2.75, 3.05) is 47.5 Å². The summed E-state index contributed by atoms with van der Waals surface area (Å²) in [6.07, 6.45) is 47.3. The molecule has 0 aromatic carbocycles. The highest BCUT2D eigenvalue weighted by atomic mass is 31.2. The van der Waals surface area contributed by atoms with Gasteiger partial charge in [0.25, 0.3) is 7.82 Å². The van der Waals surface area contributed by atoms with E-state index in [1.54, 1.807) is 0 Å². The number of allylic oxidation sites excluding steroid dienone is 8. The largest absolute Gasteiger partial charge is 0.756 e. The van der Waals surface area contributed by atoms with Crippen LogP contribution in [0.1, 0.15) is 194 Å². The van der Waals surface area contributed by atoms with Crippen LogP contribution in [0.25, 0.3) is 0 Å². The molecule has 9 nitrogen and oxygen atoms in total. The van der Waals surface area contributed by atoms with Gasteiger partial charge in [0, 0.05) is 12.8 Å². The SMILES string of the molecule is CC/C=C/C=C/C=C/C=C/CCCCCC(=O)OC(COC(=O)CCCCCCCCCCCCCCCCCCCCCCC)COP(=O)([O-])OCC[N+](C)(C)C. The molecule has 0 saturated heterocycles. The van der Waals surface area contributed by atoms with Crippen molar-refractivity contribution < 1.29 is 42.1 Å². The maximum Gasteiger partial charge on any atom is 0.306 e. The summed E-state index contributed by atoms with van der Waals surface area (Å²) >= 11 is 0. The first kappa shape index (κ1) is 56.0. The second-order valence-corrected chi connectivity index (χ2v) is 18.3. The number of quaternary nitrogens is 1. The molecule has 0 spiro atoms. The number of nitrogens with zero attached hydrogens (tertiary/aromatic N) is 1. The van der Waals surface area contributed by atoms with Gasteiger partial charge in [-0.1, -0.05) is 197 Å². The van der Waals surface area contributed by atoms with Crippen LogP contribution in [0.4, 0.5) is 0 Å². The Morgan fingerprint density at radius 2 is 0.983 bits per heavy atom. The van der Waals surface area contributed by atoms with E-state index >= 15 is 0 Å². The van der Waals surface area contributed by atoms with E-state index in [1.807, 2.05) is 57.6 Å². The topological polar surface area (TPSA) is 111 Å². The van der Waals surface area contributed by atoms with E-state index in [9.17, 15) is 19.0 Å². The van der Waals surface area contributed by atoms with Crippen LogP contribution in [-0.4, -0.2) is 70.0 Å². The van der Waals surface area contributed by atoms with Crippen LogP contribution in [0.15, 0.2) is 48.6 Å². The van der Waals surface area contributed by atoms with E-state index in [0.29, 0.717) is 17.4 Å². The van der Waals surface area contributed by atoms with Crippen molar-refractivity contribution in [1.82, 2.24) is 0 Å². The summed E-state index contributed by atoms with van der Waals surface area (Å²) in [5, 5.41) is 0. The molecule has 0 aliphatic heterocycles. The number of ether oxygens (including phenoxy) is 2. The summed E-state index contributed by atoms with van der Waals surface area (Å²) in [6.45, 7) is 4.05. The second-order valence-electron chi connectivity index (χ2n) is 16.8. The van der Waals surface area contributed by atoms with Crippen molar-refractivity contribution in [3.05, 3.63) is 48.6 Å². The van der Waals surface area contributed by atoms with Gasteiger partial charge >= 0.3 is 11.9 Å². The monoisotopic (exact) mass is 838 g/mol. The van der Waals surface area contributed by atoms with Crippen molar-refractivity contribution in [3.8, 4) is 0 Å². The normalized spacial score (nSPS) is 14.0. The molecule has 58 heavy (non-hydrogen) atoms. The van der Waals surface area contributed by atoms with Crippen molar-refractivity contribution >= 4 is 19.8 Å². The second kappa shape index (κ2) is 40.4. The molecule has 2 unspecified atom stereocenters. The van der Waals surface area contributed by atoms with E-state index in [-0.39, 0.29) is 26.1 Å². The third-order valence-corrected chi connectivity index (χ3v) is 10.9. The summed E-state index contributed by atoms with van der Waals surface area (Å²) in [5.74, 6) is -0.876. The predicted molar refractivity (Wildman–Crippen MR) is 240 cm³/mol. The van der Waals surface area contributed by atoms with E-state index < -0.39 is 32.5 Å². The zero-order chi connectivity index (χ0) is 42.8. The van der Waals surface area contributed by atoms with E-state index in [0.717, 1.165) is 44.9 Å². The summed E-state index contributed by atoms with van der Waals surface area (Å²) in [4.78, 5) is 37.5. The number of carbonyl (C=O) groups is 2. The van der Waals surface area contributed by atoms with Crippen molar-refractivity contribution in [2.45, 2.75) is 200 Å². The molecule has 0 amide bonds. The lowest BCUT2D eigenvalue weighted by atomic mass is 10.0. The van der Waals surface area contributed by atoms with Crippen molar-refractivity contribution in [1.29, 1.82) is 0 Å². The quantitative estimate of drug-likeness (QED) is 0.0196. The number of carbonyl (C=O) groups excluding carboxylic acids is 2. The Labute approximate surface area is 356 Å². The number of phosphoric acid groups is 1. The van der Waals surface area contributed by atoms with Crippen LogP contribution in [-0.2, 0) is 32.7 Å². The minimum absolute atomic E-state index is 0.0393. The van der Waals surface area contributed by atoms with E-state index in [1.165, 1.54) is 116 Å². The molecule has 0 aromatic rings. The fraction of sp³-hybridized carbons (Fsp3) is 0.792. The van der Waals surface area contributed by atoms with Gasteiger partial charge < -0.3 is 27.9 Å². The van der Waals surface area contributed by atoms with Crippen LogP contribution >= 0.6 is 7.82 Å². The molecular weight excluding hydrogens is 750 g/mol. The standard InChI is InChI=1S/C48H88NO8P/c1-6-8-10-12-14-16-18-20-21-22-23-24-25-26-27-29-30-32-34-36-38-40-47(50)54-44-46(45-56-58(52,53)55-43-42-49(3,4)5)57-48(51)41-39-37-35-33-31-28-19-17-15-13-11-9-7-2/h9,11,13,15,17,19,28,31,46H,6-8,10,12,14,16,18,20-27,29-30,32-45H2,1-5H3/b11-9+,15-13+,19-17+,31-28+. The minimum atomic E-state index is -4.64. The van der Waals surface area contributed by atoms with Gasteiger partial charge in [-0.05, 0) is 32.1 Å². The maximum atomic E-state index is 12.6. The number of unbranched alkanes of at least 4 members (excludes halogenated alkanes) is 23. The highest BCUT2D eigenvalue weighted by molar-refractivity contribution is 7.45. The maximum absolute atomic E-state index is 12.6. The van der Waals surface area contributed by atoms with Crippen LogP contribution in [0.2, 0.25) is 0 Å². The molecule has 0 N–H and O–H groups in total. The average Bonchev–Trinajstić information content (AvgIpc) is 3.17. The molecule has 0 fully saturated rings. The van der Waals surface area contributed by atoms with Crippen molar-refractivity contribution in [3.63, 3.8) is 0 Å². The van der Waals surface area contributed by atoms with E-state index in [4.69, 9.17) is 18.5 Å². The molecule has 0 saturated carbocycles. The molecule has 0 aliphatic carbocycles. The first-order valence-corrected chi connectivity index (χ1v) is 24.9. The molecule has 0 radical (unpaired) electrons. The fourth-order valence-corrected chi connectivity index (χ4v) is 7.04. The molecular formula is C48H88NO8P. The van der Waals surface area contributed by atoms with Crippen LogP contribution in [0, 0.1) is 0 Å². The highest BCUT2D eigenvalue weighted by Crippen LogP contribution is 2.38. The Morgan fingerprint density at radius 1 is 0.552 bits per heavy atom. The zero-order valence-corrected chi connectivity index (χ0v) is 38.9. The van der Waals surface area contributed by atoms with Gasteiger partial charge in [0.1, 0.15) is 19.8 Å². The zero-order valence-electron chi connectivity index (χ0n) is 38.0. The van der Waals surface area contributed by atoms with Crippen LogP contribution in [0.3, 0.4) is 0 Å². The summed E-state index contributed by atoms with van der Waals surface area (Å²) in [7, 11) is 1.14. The Kier molecular flexibility index (Phi) is 39.0. The van der Waals surface area contributed by atoms with Gasteiger partial charge in [-0.3, -0.25) is 14.2 Å². The van der Waals surface area contributed by atoms with Gasteiger partial charge in [-0.15, -0.1) is 0 Å². The average molecular weight is 838 g/mol. The number of hydrogen-bond donors (Lipinski definition) is 0. The first-order valence-electron chi connectivity index (χ1n) is 23.4. The Bertz CT molecular complexity index is 1130. The minimum Gasteiger partial charge on any atom is -0.756 e. The van der Waals surface area contributed by atoms with Crippen LogP contribution < -0.4 is 4.89 Å². The Balaban J connectivity index is 4.27. The number of hydrogen-bond acceptors (Lipinski definition) is 8. The molecule has 0 bridgehead atoms. The summed E-state index contributed by atoms with van der Waals surface area (Å²) in [6, 6.07) is 0. The fourth-order valence-electron chi connectivity index (χ4n) is 6.31. The van der Waals surface area contributed by atoms with E-state index in [2.05, 4.69) is 26.0 Å². The van der Waals surface area contributed by atoms with Crippen molar-refractivity contribution in [2.24, 2.45) is 0 Å². The van der Waals surface area contributed by atoms with Crippen LogP contribution in [0.5, 0.6) is 0 Å².